The van der Waals surface area contributed by atoms with Crippen molar-refractivity contribution in [1.82, 2.24) is 10.2 Å². The first-order valence-corrected chi connectivity index (χ1v) is 7.37. The van der Waals surface area contributed by atoms with E-state index in [1.807, 2.05) is 37.3 Å². The van der Waals surface area contributed by atoms with Crippen LogP contribution in [-0.2, 0) is 4.79 Å². The van der Waals surface area contributed by atoms with E-state index >= 15 is 0 Å². The predicted octanol–water partition coefficient (Wildman–Crippen LogP) is 2.38. The Morgan fingerprint density at radius 2 is 1.77 bits per heavy atom. The molecule has 22 heavy (non-hydrogen) atoms. The summed E-state index contributed by atoms with van der Waals surface area (Å²) in [5.41, 5.74) is 7.21. The maximum absolute atomic E-state index is 12.3. The van der Waals surface area contributed by atoms with Crippen LogP contribution < -0.4 is 11.1 Å². The average Bonchev–Trinajstić information content (AvgIpc) is 2.49. The number of carbonyl (C=O) groups is 1. The van der Waals surface area contributed by atoms with Crippen molar-refractivity contribution in [1.29, 1.82) is 0 Å². The van der Waals surface area contributed by atoms with E-state index in [-0.39, 0.29) is 42.7 Å². The van der Waals surface area contributed by atoms with Crippen molar-refractivity contribution in [2.45, 2.75) is 31.8 Å². The van der Waals surface area contributed by atoms with Gasteiger partial charge in [0.1, 0.15) is 0 Å². The molecular formula is C16H27Cl2N3O. The summed E-state index contributed by atoms with van der Waals surface area (Å²) < 4.78 is 0. The first-order valence-electron chi connectivity index (χ1n) is 7.37. The Bertz CT molecular complexity index is 436. The van der Waals surface area contributed by atoms with Gasteiger partial charge in [-0.05, 0) is 38.5 Å². The lowest BCUT2D eigenvalue weighted by Crippen LogP contribution is -2.46. The molecule has 0 aromatic heterocycles. The number of carbonyl (C=O) groups excluding carboxylic acids is 1. The lowest BCUT2D eigenvalue weighted by atomic mass is 9.94. The molecule has 2 rings (SSSR count). The zero-order valence-electron chi connectivity index (χ0n) is 13.2. The minimum Gasteiger partial charge on any atom is -0.353 e. The van der Waals surface area contributed by atoms with E-state index in [1.165, 1.54) is 0 Å². The SMILES string of the molecule is CC(C(=O)NC1CCN(C)CC1)C(N)c1ccccc1.Cl.Cl. The van der Waals surface area contributed by atoms with Crippen LogP contribution in [0.25, 0.3) is 0 Å². The Hall–Kier alpha value is -0.810. The van der Waals surface area contributed by atoms with Gasteiger partial charge in [0.15, 0.2) is 0 Å². The number of halogens is 2. The third kappa shape index (κ3) is 5.76. The number of nitrogens with zero attached hydrogens (tertiary/aromatic N) is 1. The molecular weight excluding hydrogens is 321 g/mol. The maximum atomic E-state index is 12.3. The third-order valence-electron chi connectivity index (χ3n) is 4.20. The second kappa shape index (κ2) is 10.1. The summed E-state index contributed by atoms with van der Waals surface area (Å²) in [6, 6.07) is 9.87. The van der Waals surface area contributed by atoms with Crippen LogP contribution in [0.5, 0.6) is 0 Å². The molecule has 0 radical (unpaired) electrons. The van der Waals surface area contributed by atoms with Gasteiger partial charge in [-0.25, -0.2) is 0 Å². The van der Waals surface area contributed by atoms with Crippen molar-refractivity contribution >= 4 is 30.7 Å². The highest BCUT2D eigenvalue weighted by atomic mass is 35.5. The van der Waals surface area contributed by atoms with Crippen LogP contribution in [0, 0.1) is 5.92 Å². The highest BCUT2D eigenvalue weighted by Gasteiger charge is 2.25. The Labute approximate surface area is 145 Å². The molecule has 126 valence electrons. The predicted molar refractivity (Wildman–Crippen MR) is 95.7 cm³/mol. The number of hydrogen-bond acceptors (Lipinski definition) is 3. The minimum absolute atomic E-state index is 0. The molecule has 1 aliphatic rings. The van der Waals surface area contributed by atoms with E-state index in [4.69, 9.17) is 5.73 Å². The number of hydrogen-bond donors (Lipinski definition) is 2. The topological polar surface area (TPSA) is 58.4 Å². The number of nitrogens with one attached hydrogen (secondary N) is 1. The second-order valence-electron chi connectivity index (χ2n) is 5.81. The van der Waals surface area contributed by atoms with Gasteiger partial charge >= 0.3 is 0 Å². The van der Waals surface area contributed by atoms with Crippen LogP contribution >= 0.6 is 24.8 Å². The Kier molecular flexibility index (Phi) is 9.69. The van der Waals surface area contributed by atoms with Gasteiger partial charge in [-0.3, -0.25) is 4.79 Å². The molecule has 1 aliphatic heterocycles. The molecule has 1 saturated heterocycles. The summed E-state index contributed by atoms with van der Waals surface area (Å²) in [6.07, 6.45) is 2.05. The quantitative estimate of drug-likeness (QED) is 0.878. The van der Waals surface area contributed by atoms with Gasteiger partial charge in [0.2, 0.25) is 5.91 Å². The van der Waals surface area contributed by atoms with Gasteiger partial charge < -0.3 is 16.0 Å². The van der Waals surface area contributed by atoms with E-state index in [2.05, 4.69) is 17.3 Å². The van der Waals surface area contributed by atoms with E-state index in [1.54, 1.807) is 0 Å². The molecule has 0 aliphatic carbocycles. The van der Waals surface area contributed by atoms with Crippen LogP contribution in [0.15, 0.2) is 30.3 Å². The van der Waals surface area contributed by atoms with Gasteiger partial charge in [0.05, 0.1) is 5.92 Å². The number of nitrogens with two attached hydrogens (primary N) is 1. The molecule has 6 heteroatoms. The van der Waals surface area contributed by atoms with Gasteiger partial charge in [-0.15, -0.1) is 24.8 Å². The number of rotatable bonds is 4. The van der Waals surface area contributed by atoms with Crippen LogP contribution in [0.4, 0.5) is 0 Å². The van der Waals surface area contributed by atoms with Crippen molar-refractivity contribution in [3.05, 3.63) is 35.9 Å². The molecule has 3 N–H and O–H groups in total. The standard InChI is InChI=1S/C16H25N3O.2ClH/c1-12(15(17)13-6-4-3-5-7-13)16(20)18-14-8-10-19(2)11-9-14;;/h3-7,12,14-15H,8-11,17H2,1-2H3,(H,18,20);2*1H. The summed E-state index contributed by atoms with van der Waals surface area (Å²) in [6.45, 7) is 4.00. The first kappa shape index (κ1) is 21.2. The number of amides is 1. The molecule has 0 spiro atoms. The van der Waals surface area contributed by atoms with Gasteiger partial charge in [-0.2, -0.15) is 0 Å². The van der Waals surface area contributed by atoms with E-state index < -0.39 is 0 Å². The summed E-state index contributed by atoms with van der Waals surface area (Å²) in [5.74, 6) is -0.145. The van der Waals surface area contributed by atoms with Gasteiger partial charge in [0, 0.05) is 12.1 Å². The summed E-state index contributed by atoms with van der Waals surface area (Å²) in [5, 5.41) is 3.14. The third-order valence-corrected chi connectivity index (χ3v) is 4.20. The van der Waals surface area contributed by atoms with E-state index in [0.717, 1.165) is 31.5 Å². The highest BCUT2D eigenvalue weighted by Crippen LogP contribution is 2.20. The molecule has 1 fully saturated rings. The Morgan fingerprint density at radius 1 is 1.23 bits per heavy atom. The second-order valence-corrected chi connectivity index (χ2v) is 5.81. The number of piperidine rings is 1. The van der Waals surface area contributed by atoms with Crippen LogP contribution in [-0.4, -0.2) is 37.0 Å². The smallest absolute Gasteiger partial charge is 0.224 e. The van der Waals surface area contributed by atoms with Gasteiger partial charge in [-0.1, -0.05) is 37.3 Å². The molecule has 1 heterocycles. The molecule has 1 amide bonds. The Morgan fingerprint density at radius 3 is 2.32 bits per heavy atom. The van der Waals surface area contributed by atoms with Crippen molar-refractivity contribution in [3.8, 4) is 0 Å². The fourth-order valence-electron chi connectivity index (χ4n) is 2.61. The molecule has 1 aromatic carbocycles. The Balaban J connectivity index is 0.00000220. The molecule has 2 unspecified atom stereocenters. The molecule has 0 saturated carbocycles. The van der Waals surface area contributed by atoms with Crippen LogP contribution in [0.2, 0.25) is 0 Å². The fraction of sp³-hybridized carbons (Fsp3) is 0.562. The van der Waals surface area contributed by atoms with E-state index in [0.29, 0.717) is 6.04 Å². The molecule has 4 nitrogen and oxygen atoms in total. The summed E-state index contributed by atoms with van der Waals surface area (Å²) >= 11 is 0. The first-order chi connectivity index (χ1) is 9.58. The van der Waals surface area contributed by atoms with Crippen LogP contribution in [0.1, 0.15) is 31.4 Å². The number of likely N-dealkylation sites (tertiary alicyclic amines) is 1. The molecule has 1 aromatic rings. The summed E-state index contributed by atoms with van der Waals surface area (Å²) in [4.78, 5) is 14.6. The fourth-order valence-corrected chi connectivity index (χ4v) is 2.61. The lowest BCUT2D eigenvalue weighted by Gasteiger charge is -2.31. The minimum atomic E-state index is -0.248. The monoisotopic (exact) mass is 347 g/mol. The van der Waals surface area contributed by atoms with Crippen molar-refractivity contribution in [3.63, 3.8) is 0 Å². The normalized spacial score (nSPS) is 18.5. The zero-order chi connectivity index (χ0) is 14.5. The largest absolute Gasteiger partial charge is 0.353 e. The highest BCUT2D eigenvalue weighted by molar-refractivity contribution is 5.85. The maximum Gasteiger partial charge on any atom is 0.224 e. The lowest BCUT2D eigenvalue weighted by molar-refractivity contribution is -0.126. The van der Waals surface area contributed by atoms with Crippen molar-refractivity contribution in [2.24, 2.45) is 11.7 Å². The average molecular weight is 348 g/mol. The van der Waals surface area contributed by atoms with E-state index in [9.17, 15) is 4.79 Å². The molecule has 0 bridgehead atoms. The van der Waals surface area contributed by atoms with Crippen molar-refractivity contribution < 1.29 is 4.79 Å². The number of benzene rings is 1. The zero-order valence-corrected chi connectivity index (χ0v) is 14.8. The molecule has 2 atom stereocenters. The summed E-state index contributed by atoms with van der Waals surface area (Å²) in [7, 11) is 2.12. The van der Waals surface area contributed by atoms with Crippen molar-refractivity contribution in [2.75, 3.05) is 20.1 Å². The van der Waals surface area contributed by atoms with Crippen LogP contribution in [0.3, 0.4) is 0 Å². The van der Waals surface area contributed by atoms with Gasteiger partial charge in [0.25, 0.3) is 0 Å².